The second kappa shape index (κ2) is 3.35. The van der Waals surface area contributed by atoms with Gasteiger partial charge in [0, 0.05) is 0 Å². The summed E-state index contributed by atoms with van der Waals surface area (Å²) in [6.07, 6.45) is 0.431. The summed E-state index contributed by atoms with van der Waals surface area (Å²) >= 11 is 0. The maximum Gasteiger partial charge on any atom is -0.00193 e. The minimum absolute atomic E-state index is 0.431. The normalized spacial score (nSPS) is 7.50. The Morgan fingerprint density at radius 3 is 2.25 bits per heavy atom. The van der Waals surface area contributed by atoms with Gasteiger partial charge in [-0.2, -0.15) is 0 Å². The molecular weight excluding hydrogens is 73.0 g/mol. The van der Waals surface area contributed by atoms with Gasteiger partial charge in [0.25, 0.3) is 0 Å². The number of rotatable bonds is 1. The van der Waals surface area contributed by atoms with Crippen LogP contribution in [0.3, 0.4) is 0 Å². The molecule has 4 heavy (non-hydrogen) atoms. The third-order valence-corrected chi connectivity index (χ3v) is 0.250. The first-order valence-electron chi connectivity index (χ1n) is 0.966. The molecule has 0 aliphatic carbocycles. The van der Waals surface area contributed by atoms with Gasteiger partial charge < -0.3 is 10.7 Å². The molecule has 0 fully saturated rings. The quantitative estimate of drug-likeness (QED) is 0.351. The minimum Gasteiger partial charge on any atom is -0.788 e. The zero-order chi connectivity index (χ0) is 3.41. The molecule has 0 saturated heterocycles. The van der Waals surface area contributed by atoms with Crippen LogP contribution < -0.4 is 5.48 Å². The molecule has 1 atom stereocenters. The van der Waals surface area contributed by atoms with Gasteiger partial charge in [-0.1, -0.05) is 0 Å². The largest absolute Gasteiger partial charge is 0.788 e. The summed E-state index contributed by atoms with van der Waals surface area (Å²) in [5, 5.41) is 9.03. The van der Waals surface area contributed by atoms with E-state index in [0.717, 1.165) is 0 Å². The van der Waals surface area contributed by atoms with Crippen molar-refractivity contribution in [3.8, 4) is 0 Å². The van der Waals surface area contributed by atoms with E-state index in [-0.39, 0.29) is 0 Å². The van der Waals surface area contributed by atoms with Crippen molar-refractivity contribution < 1.29 is 0 Å². The number of hydroxylamine groups is 1. The van der Waals surface area contributed by atoms with E-state index in [1.807, 2.05) is 0 Å². The van der Waals surface area contributed by atoms with E-state index in [4.69, 9.17) is 5.21 Å². The molecule has 1 unspecified atom stereocenters. The minimum atomic E-state index is 0.431. The summed E-state index contributed by atoms with van der Waals surface area (Å²) in [7, 11) is 2.23. The second-order valence-electron chi connectivity index (χ2n) is 0.348. The van der Waals surface area contributed by atoms with Gasteiger partial charge in [0.1, 0.15) is 0 Å². The Morgan fingerprint density at radius 1 is 2.00 bits per heavy atom. The van der Waals surface area contributed by atoms with Crippen molar-refractivity contribution in [2.45, 2.75) is 0 Å². The van der Waals surface area contributed by atoms with Gasteiger partial charge in [-0.15, -0.1) is 9.24 Å². The molecule has 3 heteroatoms. The smallest absolute Gasteiger partial charge is 0.00193 e. The van der Waals surface area contributed by atoms with E-state index in [9.17, 15) is 0 Å². The fourth-order valence-corrected chi connectivity index (χ4v) is 0. The van der Waals surface area contributed by atoms with Gasteiger partial charge in [-0.3, -0.25) is 0 Å². The first-order valence-corrected chi connectivity index (χ1v) is 1.78. The third-order valence-electron chi connectivity index (χ3n) is 0.0833. The van der Waals surface area contributed by atoms with Gasteiger partial charge >= 0.3 is 0 Å². The van der Waals surface area contributed by atoms with Crippen molar-refractivity contribution in [2.24, 2.45) is 0 Å². The van der Waals surface area contributed by atoms with Gasteiger partial charge in [0.15, 0.2) is 0 Å². The summed E-state index contributed by atoms with van der Waals surface area (Å²) in [6, 6.07) is 0. The van der Waals surface area contributed by atoms with E-state index in [1.54, 1.807) is 5.48 Å². The molecule has 0 rings (SSSR count). The van der Waals surface area contributed by atoms with Crippen LogP contribution in [0.15, 0.2) is 0 Å². The molecule has 0 amide bonds. The summed E-state index contributed by atoms with van der Waals surface area (Å²) in [5.41, 5.74) is 1.64. The van der Waals surface area contributed by atoms with Crippen LogP contribution in [-0.2, 0) is 0 Å². The number of nitrogens with one attached hydrogen (secondary N) is 1. The van der Waals surface area contributed by atoms with E-state index in [1.165, 1.54) is 0 Å². The number of hydrogen-bond donors (Lipinski definition) is 1. The van der Waals surface area contributed by atoms with Crippen LogP contribution in [0, 0.1) is 5.21 Å². The Morgan fingerprint density at radius 2 is 2.25 bits per heavy atom. The molecule has 26 valence electrons. The van der Waals surface area contributed by atoms with Crippen LogP contribution in [0.25, 0.3) is 0 Å². The SMILES string of the molecule is [O-]NCP. The Bertz CT molecular complexity index is 10.0. The highest BCUT2D eigenvalue weighted by atomic mass is 31.0. The Kier molecular flexibility index (Phi) is 3.64. The van der Waals surface area contributed by atoms with Gasteiger partial charge in [0.2, 0.25) is 0 Å². The zero-order valence-electron chi connectivity index (χ0n) is 2.19. The molecule has 1 N–H and O–H groups in total. The van der Waals surface area contributed by atoms with Crippen molar-refractivity contribution in [1.82, 2.24) is 5.48 Å². The molecule has 0 aromatic heterocycles. The van der Waals surface area contributed by atoms with E-state index < -0.39 is 0 Å². The molecule has 0 aromatic carbocycles. The van der Waals surface area contributed by atoms with Crippen LogP contribution in [0.5, 0.6) is 0 Å². The molecule has 0 saturated carbocycles. The fourth-order valence-electron chi connectivity index (χ4n) is 0. The van der Waals surface area contributed by atoms with Crippen molar-refractivity contribution in [2.75, 3.05) is 6.29 Å². The van der Waals surface area contributed by atoms with Crippen LogP contribution >= 0.6 is 9.24 Å². The fraction of sp³-hybridized carbons (Fsp3) is 1.00. The molecule has 0 aliphatic rings. The highest BCUT2D eigenvalue weighted by Crippen LogP contribution is 1.65. The van der Waals surface area contributed by atoms with Crippen molar-refractivity contribution in [1.29, 1.82) is 0 Å². The molecule has 2 nitrogen and oxygen atoms in total. The van der Waals surface area contributed by atoms with Crippen LogP contribution in [0.2, 0.25) is 0 Å². The predicted molar refractivity (Wildman–Crippen MR) is 21.1 cm³/mol. The summed E-state index contributed by atoms with van der Waals surface area (Å²) < 4.78 is 0. The third kappa shape index (κ3) is 2.35. The Balaban J connectivity index is 1.97. The summed E-state index contributed by atoms with van der Waals surface area (Å²) in [6.45, 7) is 0. The molecule has 0 spiro atoms. The lowest BCUT2D eigenvalue weighted by Gasteiger charge is -1.96. The lowest BCUT2D eigenvalue weighted by atomic mass is 11.5. The summed E-state index contributed by atoms with van der Waals surface area (Å²) in [5.74, 6) is 0. The monoisotopic (exact) mass is 78.0 g/mol. The first kappa shape index (κ1) is 4.35. The van der Waals surface area contributed by atoms with Crippen LogP contribution in [-0.4, -0.2) is 6.29 Å². The maximum atomic E-state index is 9.03. The molecule has 0 aromatic rings. The van der Waals surface area contributed by atoms with Crippen LogP contribution in [0.4, 0.5) is 0 Å². The lowest BCUT2D eigenvalue weighted by Crippen LogP contribution is -1.94. The van der Waals surface area contributed by atoms with Crippen molar-refractivity contribution in [3.05, 3.63) is 5.21 Å². The maximum absolute atomic E-state index is 9.03. The van der Waals surface area contributed by atoms with Crippen molar-refractivity contribution >= 4 is 9.24 Å². The molecular formula is CH5NOP-. The zero-order valence-corrected chi connectivity index (χ0v) is 3.35. The molecule has 0 radical (unpaired) electrons. The topological polar surface area (TPSA) is 35.1 Å². The Hall–Kier alpha value is 0.350. The lowest BCUT2D eigenvalue weighted by molar-refractivity contribution is 1.07. The predicted octanol–water partition coefficient (Wildman–Crippen LogP) is -0.0936. The van der Waals surface area contributed by atoms with Gasteiger partial charge in [0.05, 0.1) is 0 Å². The number of hydrogen-bond acceptors (Lipinski definition) is 2. The average Bonchev–Trinajstić information content (AvgIpc) is 1.37. The molecule has 0 heterocycles. The molecule has 0 bridgehead atoms. The molecule has 0 aliphatic heterocycles. The van der Waals surface area contributed by atoms with Crippen LogP contribution in [0.1, 0.15) is 0 Å². The van der Waals surface area contributed by atoms with E-state index in [2.05, 4.69) is 9.24 Å². The highest BCUT2D eigenvalue weighted by Gasteiger charge is 1.40. The average molecular weight is 78.0 g/mol. The first-order chi connectivity index (χ1) is 1.91. The standard InChI is InChI=1S/CH5NOP/c3-2-1-4/h2H,1,4H2/q-1. The van der Waals surface area contributed by atoms with E-state index >= 15 is 0 Å². The van der Waals surface area contributed by atoms with Gasteiger partial charge in [-0.05, 0) is 6.29 Å². The second-order valence-corrected chi connectivity index (χ2v) is 0.757. The van der Waals surface area contributed by atoms with E-state index in [0.29, 0.717) is 6.29 Å². The van der Waals surface area contributed by atoms with Gasteiger partial charge in [-0.25, -0.2) is 0 Å². The van der Waals surface area contributed by atoms with Crippen molar-refractivity contribution in [3.63, 3.8) is 0 Å². The highest BCUT2D eigenvalue weighted by molar-refractivity contribution is 7.16. The Labute approximate surface area is 27.4 Å². The summed E-state index contributed by atoms with van der Waals surface area (Å²) in [4.78, 5) is 0.